The molecule has 0 aliphatic rings. The number of aliphatic hydroxyl groups is 1. The summed E-state index contributed by atoms with van der Waals surface area (Å²) in [5, 5.41) is 18.5. The highest BCUT2D eigenvalue weighted by Gasteiger charge is 2.09. The Balaban J connectivity index is 1.81. The van der Waals surface area contributed by atoms with E-state index in [1.807, 2.05) is 6.07 Å². The Morgan fingerprint density at radius 3 is 2.30 bits per heavy atom. The molecule has 0 heterocycles. The van der Waals surface area contributed by atoms with Crippen molar-refractivity contribution in [3.05, 3.63) is 81.8 Å². The molecule has 0 aliphatic heterocycles. The van der Waals surface area contributed by atoms with Crippen LogP contribution in [0.15, 0.2) is 65.1 Å². The fraction of sp³-hybridized carbons (Fsp3) is 0.0476. The maximum absolute atomic E-state index is 11.1. The second-order valence-corrected chi connectivity index (χ2v) is 6.42. The van der Waals surface area contributed by atoms with Crippen LogP contribution in [0.2, 0.25) is 0 Å². The van der Waals surface area contributed by atoms with Gasteiger partial charge in [0.15, 0.2) is 6.29 Å². The zero-order valence-electron chi connectivity index (χ0n) is 14.1. The molecule has 0 saturated carbocycles. The molecule has 0 aromatic heterocycles. The minimum atomic E-state index is -0.239. The maximum atomic E-state index is 11.1. The van der Waals surface area contributed by atoms with Crippen LogP contribution in [0, 0.1) is 11.3 Å². The highest BCUT2D eigenvalue weighted by atomic mass is 79.9. The van der Waals surface area contributed by atoms with Crippen molar-refractivity contribution in [3.63, 3.8) is 0 Å². The number of halogens is 1. The van der Waals surface area contributed by atoms with Gasteiger partial charge in [0, 0.05) is 15.6 Å². The normalized spacial score (nSPS) is 10.1. The Morgan fingerprint density at radius 2 is 1.63 bits per heavy atom. The summed E-state index contributed by atoms with van der Waals surface area (Å²) >= 11 is 3.29. The van der Waals surface area contributed by atoms with E-state index in [1.165, 1.54) is 0 Å². The molecular weight excluding hydrogens is 410 g/mol. The van der Waals surface area contributed by atoms with Gasteiger partial charge in [0.25, 0.3) is 0 Å². The average Bonchev–Trinajstić information content (AvgIpc) is 2.71. The molecular formula is C21H14BrNO4. The zero-order chi connectivity index (χ0) is 19.2. The Morgan fingerprint density at radius 1 is 0.963 bits per heavy atom. The average molecular weight is 424 g/mol. The van der Waals surface area contributed by atoms with Crippen LogP contribution < -0.4 is 9.47 Å². The largest absolute Gasteiger partial charge is 0.457 e. The van der Waals surface area contributed by atoms with E-state index in [0.717, 1.165) is 6.29 Å². The van der Waals surface area contributed by atoms with Crippen LogP contribution >= 0.6 is 15.9 Å². The number of carbonyl (C=O) groups is 1. The Bertz CT molecular complexity index is 1010. The van der Waals surface area contributed by atoms with E-state index in [4.69, 9.17) is 14.7 Å². The lowest BCUT2D eigenvalue weighted by Gasteiger charge is -2.13. The van der Waals surface area contributed by atoms with Crippen LogP contribution in [0.1, 0.15) is 21.5 Å². The van der Waals surface area contributed by atoms with Crippen LogP contribution in [-0.2, 0) is 6.61 Å². The summed E-state index contributed by atoms with van der Waals surface area (Å²) in [7, 11) is 0. The number of carbonyl (C=O) groups excluding carboxylic acids is 1. The fourth-order valence-corrected chi connectivity index (χ4v) is 2.72. The van der Waals surface area contributed by atoms with Gasteiger partial charge in [0.05, 0.1) is 18.2 Å². The third-order valence-corrected chi connectivity index (χ3v) is 4.47. The van der Waals surface area contributed by atoms with Gasteiger partial charge in [-0.2, -0.15) is 5.26 Å². The van der Waals surface area contributed by atoms with Crippen LogP contribution in [0.25, 0.3) is 0 Å². The molecule has 3 rings (SSSR count). The van der Waals surface area contributed by atoms with Gasteiger partial charge in [0.2, 0.25) is 0 Å². The lowest BCUT2D eigenvalue weighted by molar-refractivity contribution is 0.112. The number of nitrogens with zero attached hydrogens (tertiary/aromatic N) is 1. The lowest BCUT2D eigenvalue weighted by atomic mass is 10.2. The van der Waals surface area contributed by atoms with E-state index in [0.29, 0.717) is 44.2 Å². The first kappa shape index (κ1) is 18.6. The van der Waals surface area contributed by atoms with Crippen LogP contribution in [0.5, 0.6) is 23.0 Å². The number of benzene rings is 3. The summed E-state index contributed by atoms with van der Waals surface area (Å²) in [6, 6.07) is 18.9. The predicted molar refractivity (Wildman–Crippen MR) is 103 cm³/mol. The van der Waals surface area contributed by atoms with Gasteiger partial charge in [-0.25, -0.2) is 0 Å². The zero-order valence-corrected chi connectivity index (χ0v) is 15.6. The third kappa shape index (κ3) is 4.53. The van der Waals surface area contributed by atoms with E-state index in [2.05, 4.69) is 15.9 Å². The Labute approximate surface area is 164 Å². The van der Waals surface area contributed by atoms with Gasteiger partial charge in [-0.1, -0.05) is 15.9 Å². The van der Waals surface area contributed by atoms with E-state index in [9.17, 15) is 9.90 Å². The standard InChI is InChI=1S/C21H14BrNO4/c22-20-7-5-19(9-15(20)12-24)27-21-8-6-18(10-16(21)13-25)26-17-3-1-14(11-23)2-4-17/h1-10,12,25H,13H2. The van der Waals surface area contributed by atoms with Crippen molar-refractivity contribution >= 4 is 22.2 Å². The molecule has 0 spiro atoms. The van der Waals surface area contributed by atoms with Crippen LogP contribution in [0.3, 0.4) is 0 Å². The Hall–Kier alpha value is -3.14. The molecule has 0 atom stereocenters. The van der Waals surface area contributed by atoms with Crippen molar-refractivity contribution in [3.8, 4) is 29.1 Å². The number of aldehydes is 1. The highest BCUT2D eigenvalue weighted by Crippen LogP contribution is 2.32. The van der Waals surface area contributed by atoms with E-state index in [-0.39, 0.29) is 6.61 Å². The monoisotopic (exact) mass is 423 g/mol. The van der Waals surface area contributed by atoms with Gasteiger partial charge in [-0.05, 0) is 60.7 Å². The minimum absolute atomic E-state index is 0.239. The lowest BCUT2D eigenvalue weighted by Crippen LogP contribution is -1.94. The summed E-state index contributed by atoms with van der Waals surface area (Å²) in [6.07, 6.45) is 0.735. The topological polar surface area (TPSA) is 79.5 Å². The highest BCUT2D eigenvalue weighted by molar-refractivity contribution is 9.10. The van der Waals surface area contributed by atoms with E-state index in [1.54, 1.807) is 60.7 Å². The summed E-state index contributed by atoms with van der Waals surface area (Å²) in [5.41, 5.74) is 1.56. The van der Waals surface area contributed by atoms with Crippen LogP contribution in [0.4, 0.5) is 0 Å². The molecule has 0 radical (unpaired) electrons. The van der Waals surface area contributed by atoms with Gasteiger partial charge in [0.1, 0.15) is 23.0 Å². The first-order valence-corrected chi connectivity index (χ1v) is 8.76. The molecule has 3 aromatic carbocycles. The van der Waals surface area contributed by atoms with Crippen molar-refractivity contribution < 1.29 is 19.4 Å². The first-order valence-electron chi connectivity index (χ1n) is 7.97. The maximum Gasteiger partial charge on any atom is 0.151 e. The number of hydrogen-bond donors (Lipinski definition) is 1. The smallest absolute Gasteiger partial charge is 0.151 e. The number of rotatable bonds is 6. The van der Waals surface area contributed by atoms with Gasteiger partial charge in [-0.3, -0.25) is 4.79 Å². The number of aliphatic hydroxyl groups excluding tert-OH is 1. The molecule has 27 heavy (non-hydrogen) atoms. The summed E-state index contributed by atoms with van der Waals surface area (Å²) < 4.78 is 12.2. The number of hydrogen-bond acceptors (Lipinski definition) is 5. The molecule has 1 N–H and O–H groups in total. The van der Waals surface area contributed by atoms with E-state index < -0.39 is 0 Å². The molecule has 3 aromatic rings. The minimum Gasteiger partial charge on any atom is -0.457 e. The van der Waals surface area contributed by atoms with Crippen molar-refractivity contribution in [1.82, 2.24) is 0 Å². The quantitative estimate of drug-likeness (QED) is 0.550. The molecule has 5 nitrogen and oxygen atoms in total. The molecule has 134 valence electrons. The van der Waals surface area contributed by atoms with Gasteiger partial charge in [-0.15, -0.1) is 0 Å². The SMILES string of the molecule is N#Cc1ccc(Oc2ccc(Oc3ccc(Br)c(C=O)c3)c(CO)c2)cc1. The van der Waals surface area contributed by atoms with Crippen molar-refractivity contribution in [2.24, 2.45) is 0 Å². The van der Waals surface area contributed by atoms with Gasteiger partial charge < -0.3 is 14.6 Å². The second-order valence-electron chi connectivity index (χ2n) is 5.57. The van der Waals surface area contributed by atoms with Crippen LogP contribution in [-0.4, -0.2) is 11.4 Å². The Kier molecular flexibility index (Phi) is 5.87. The molecule has 0 unspecified atom stereocenters. The summed E-state index contributed by atoms with van der Waals surface area (Å²) in [6.45, 7) is -0.239. The van der Waals surface area contributed by atoms with Crippen molar-refractivity contribution in [2.75, 3.05) is 0 Å². The molecule has 0 aliphatic carbocycles. The van der Waals surface area contributed by atoms with Crippen molar-refractivity contribution in [2.45, 2.75) is 6.61 Å². The summed E-state index contributed by atoms with van der Waals surface area (Å²) in [5.74, 6) is 2.05. The first-order chi connectivity index (χ1) is 13.1. The van der Waals surface area contributed by atoms with E-state index >= 15 is 0 Å². The molecule has 0 saturated heterocycles. The van der Waals surface area contributed by atoms with Gasteiger partial charge >= 0.3 is 0 Å². The number of ether oxygens (including phenoxy) is 2. The summed E-state index contributed by atoms with van der Waals surface area (Å²) in [4.78, 5) is 11.1. The second kappa shape index (κ2) is 8.49. The predicted octanol–water partition coefficient (Wildman–Crippen LogP) is 5.21. The molecule has 0 fully saturated rings. The third-order valence-electron chi connectivity index (χ3n) is 3.74. The molecule has 0 bridgehead atoms. The number of nitriles is 1. The molecule has 0 amide bonds. The fourth-order valence-electron chi connectivity index (χ4n) is 2.38. The van der Waals surface area contributed by atoms with Crippen molar-refractivity contribution in [1.29, 1.82) is 5.26 Å². The molecule has 6 heteroatoms.